The highest BCUT2D eigenvalue weighted by Crippen LogP contribution is 2.53. The van der Waals surface area contributed by atoms with Crippen LogP contribution in [0, 0.1) is 17.3 Å². The predicted octanol–water partition coefficient (Wildman–Crippen LogP) is 2.77. The van der Waals surface area contributed by atoms with E-state index >= 15 is 0 Å². The zero-order valence-electron chi connectivity index (χ0n) is 7.59. The summed E-state index contributed by atoms with van der Waals surface area (Å²) in [5.41, 5.74) is 0.416. The minimum absolute atomic E-state index is 0.416. The fourth-order valence-corrected chi connectivity index (χ4v) is 1.95. The van der Waals surface area contributed by atoms with E-state index in [1.54, 1.807) is 0 Å². The van der Waals surface area contributed by atoms with Gasteiger partial charge in [0.1, 0.15) is 0 Å². The Bertz CT molecular complexity index is 235. The first-order valence-corrected chi connectivity index (χ1v) is 3.97. The molecule has 0 aromatic heterocycles. The van der Waals surface area contributed by atoms with E-state index in [1.165, 1.54) is 6.42 Å². The molecule has 2 atom stereocenters. The van der Waals surface area contributed by atoms with Crippen LogP contribution in [-0.4, -0.2) is 0 Å². The molecule has 1 fully saturated rings. The third kappa shape index (κ3) is 0.622. The molecule has 0 nitrogen and oxygen atoms in total. The normalized spacial score (nSPS) is 43.0. The molecule has 3 rings (SSSR count). The van der Waals surface area contributed by atoms with Gasteiger partial charge in [-0.15, -0.1) is 0 Å². The maximum atomic E-state index is 7.52. The molecule has 0 aromatic carbocycles. The quantitative estimate of drug-likeness (QED) is 0.479. The van der Waals surface area contributed by atoms with Crippen LogP contribution >= 0.6 is 0 Å². The Morgan fingerprint density at radius 1 is 1.40 bits per heavy atom. The molecule has 0 radical (unpaired) electrons. The molecule has 1 saturated carbocycles. The summed E-state index contributed by atoms with van der Waals surface area (Å²) in [5.74, 6) is 1.36. The van der Waals surface area contributed by atoms with Gasteiger partial charge in [-0.25, -0.2) is 0 Å². The van der Waals surface area contributed by atoms with Crippen LogP contribution in [0.15, 0.2) is 24.3 Å². The maximum Gasteiger partial charge on any atom is 0.0619 e. The molecule has 0 saturated heterocycles. The summed E-state index contributed by atoms with van der Waals surface area (Å²) in [6.45, 7) is 4.59. The van der Waals surface area contributed by atoms with Crippen LogP contribution in [0.1, 0.15) is 21.6 Å². The molecular weight excluding hydrogens is 120 g/mol. The second-order valence-electron chi connectivity index (χ2n) is 3.96. The lowest BCUT2D eigenvalue weighted by Crippen LogP contribution is -2.41. The van der Waals surface area contributed by atoms with Crippen molar-refractivity contribution >= 4 is 0 Å². The van der Waals surface area contributed by atoms with Crippen LogP contribution in [0.5, 0.6) is 0 Å². The highest BCUT2D eigenvalue weighted by molar-refractivity contribution is 5.21. The number of hydrogen-bond acceptors (Lipinski definition) is 0. The molecule has 0 unspecified atom stereocenters. The summed E-state index contributed by atoms with van der Waals surface area (Å²) in [6, 6.07) is 0.697. The van der Waals surface area contributed by atoms with Gasteiger partial charge < -0.3 is 0 Å². The summed E-state index contributed by atoms with van der Waals surface area (Å²) >= 11 is 0. The van der Waals surface area contributed by atoms with Crippen LogP contribution in [-0.2, 0) is 0 Å². The molecular formula is C10H14. The molecule has 3 aliphatic rings. The zero-order valence-corrected chi connectivity index (χ0v) is 6.59. The van der Waals surface area contributed by atoms with Gasteiger partial charge in [-0.1, -0.05) is 38.1 Å². The van der Waals surface area contributed by atoms with E-state index in [2.05, 4.69) is 26.0 Å². The van der Waals surface area contributed by atoms with Crippen LogP contribution < -0.4 is 0 Å². The zero-order chi connectivity index (χ0) is 8.06. The van der Waals surface area contributed by atoms with E-state index in [-0.39, 0.29) is 0 Å². The SMILES string of the molecule is [2H]C1=C[C@@H]2C[C@H](C=C1)C2(C)C. The van der Waals surface area contributed by atoms with Crippen molar-refractivity contribution in [2.45, 2.75) is 20.3 Å². The summed E-state index contributed by atoms with van der Waals surface area (Å²) in [7, 11) is 0. The van der Waals surface area contributed by atoms with Gasteiger partial charge in [0.25, 0.3) is 0 Å². The van der Waals surface area contributed by atoms with Gasteiger partial charge in [-0.3, -0.25) is 0 Å². The molecule has 0 spiro atoms. The van der Waals surface area contributed by atoms with E-state index in [0.717, 1.165) is 0 Å². The smallest absolute Gasteiger partial charge is 0.0619 e. The van der Waals surface area contributed by atoms with Crippen molar-refractivity contribution in [2.24, 2.45) is 17.3 Å². The van der Waals surface area contributed by atoms with E-state index in [0.29, 0.717) is 23.3 Å². The molecule has 10 heavy (non-hydrogen) atoms. The number of hydrogen-bond donors (Lipinski definition) is 0. The lowest BCUT2D eigenvalue weighted by molar-refractivity contribution is 0.0489. The highest BCUT2D eigenvalue weighted by atomic mass is 14.5. The van der Waals surface area contributed by atoms with Crippen molar-refractivity contribution in [3.05, 3.63) is 24.3 Å². The van der Waals surface area contributed by atoms with E-state index in [9.17, 15) is 0 Å². The summed E-state index contributed by atoms with van der Waals surface area (Å²) in [6.07, 6.45) is 7.49. The lowest BCUT2D eigenvalue weighted by Gasteiger charge is -2.49. The third-order valence-corrected chi connectivity index (χ3v) is 3.14. The van der Waals surface area contributed by atoms with Crippen LogP contribution in [0.4, 0.5) is 0 Å². The first-order valence-electron chi connectivity index (χ1n) is 4.47. The minimum atomic E-state index is 0.416. The van der Waals surface area contributed by atoms with Gasteiger partial charge in [-0.2, -0.15) is 0 Å². The number of rotatable bonds is 0. The molecule has 0 amide bonds. The van der Waals surface area contributed by atoms with E-state index in [1.807, 2.05) is 6.08 Å². The molecule has 3 aliphatic carbocycles. The van der Waals surface area contributed by atoms with Gasteiger partial charge in [0.15, 0.2) is 0 Å². The molecule has 2 bridgehead atoms. The minimum Gasteiger partial charge on any atom is -0.0809 e. The van der Waals surface area contributed by atoms with Gasteiger partial charge in [-0.05, 0) is 23.7 Å². The number of allylic oxidation sites excluding steroid dienone is 4. The predicted molar refractivity (Wildman–Crippen MR) is 43.7 cm³/mol. The summed E-state index contributed by atoms with van der Waals surface area (Å²) in [5, 5.41) is 0. The second-order valence-corrected chi connectivity index (χ2v) is 3.96. The van der Waals surface area contributed by atoms with E-state index in [4.69, 9.17) is 1.37 Å². The fraction of sp³-hybridized carbons (Fsp3) is 0.600. The Kier molecular flexibility index (Phi) is 0.904. The van der Waals surface area contributed by atoms with Gasteiger partial charge in [0.2, 0.25) is 0 Å². The molecule has 0 heteroatoms. The Morgan fingerprint density at radius 2 is 2.10 bits per heavy atom. The van der Waals surface area contributed by atoms with E-state index < -0.39 is 0 Å². The Labute approximate surface area is 64.0 Å². The molecule has 0 heterocycles. The van der Waals surface area contributed by atoms with Crippen molar-refractivity contribution < 1.29 is 1.37 Å². The van der Waals surface area contributed by atoms with Gasteiger partial charge in [0.05, 0.1) is 1.37 Å². The number of fused-ring (bicyclic) bond motifs is 1. The first kappa shape index (κ1) is 5.17. The van der Waals surface area contributed by atoms with Crippen LogP contribution in [0.25, 0.3) is 0 Å². The molecule has 0 aromatic rings. The Balaban J connectivity index is 2.34. The maximum absolute atomic E-state index is 7.52. The largest absolute Gasteiger partial charge is 0.0809 e. The standard InChI is InChI=1S/C10H14/c1-10(2)8-5-3-4-6-9(10)7-8/h3-6,8-9H,7H2,1-2H3/t8-,9+/i3D/m1/s1. The van der Waals surface area contributed by atoms with Crippen molar-refractivity contribution in [3.8, 4) is 0 Å². The summed E-state index contributed by atoms with van der Waals surface area (Å²) < 4.78 is 7.52. The van der Waals surface area contributed by atoms with Crippen LogP contribution in [0.3, 0.4) is 0 Å². The van der Waals surface area contributed by atoms with Crippen molar-refractivity contribution in [1.29, 1.82) is 0 Å². The van der Waals surface area contributed by atoms with Crippen LogP contribution in [0.2, 0.25) is 0 Å². The monoisotopic (exact) mass is 135 g/mol. The molecule has 54 valence electrons. The average Bonchev–Trinajstić information content (AvgIpc) is 2.17. The van der Waals surface area contributed by atoms with Crippen molar-refractivity contribution in [2.75, 3.05) is 0 Å². The molecule has 0 aliphatic heterocycles. The second kappa shape index (κ2) is 1.75. The van der Waals surface area contributed by atoms with Gasteiger partial charge >= 0.3 is 0 Å². The van der Waals surface area contributed by atoms with Crippen molar-refractivity contribution in [1.82, 2.24) is 0 Å². The molecule has 0 N–H and O–H groups in total. The Hall–Kier alpha value is -0.520. The lowest BCUT2D eigenvalue weighted by atomic mass is 9.55. The average molecular weight is 135 g/mol. The Morgan fingerprint density at radius 3 is 2.80 bits per heavy atom. The summed E-state index contributed by atoms with van der Waals surface area (Å²) in [4.78, 5) is 0. The first-order chi connectivity index (χ1) is 5.10. The topological polar surface area (TPSA) is 0 Å². The highest BCUT2D eigenvalue weighted by Gasteiger charge is 2.45. The van der Waals surface area contributed by atoms with Gasteiger partial charge in [0, 0.05) is 0 Å². The van der Waals surface area contributed by atoms with Crippen molar-refractivity contribution in [3.63, 3.8) is 0 Å². The fourth-order valence-electron chi connectivity index (χ4n) is 1.95. The third-order valence-electron chi connectivity index (χ3n) is 3.14.